The SMILES string of the molecule is CC(C)CSc1ccc2c(C(=O)O)cccc2n1. The van der Waals surface area contributed by atoms with E-state index in [0.29, 0.717) is 16.9 Å². The highest BCUT2D eigenvalue weighted by Crippen LogP contribution is 2.23. The number of fused-ring (bicyclic) bond motifs is 1. The predicted molar refractivity (Wildman–Crippen MR) is 74.3 cm³/mol. The highest BCUT2D eigenvalue weighted by atomic mass is 32.2. The van der Waals surface area contributed by atoms with Crippen LogP contribution < -0.4 is 0 Å². The van der Waals surface area contributed by atoms with Crippen LogP contribution in [-0.4, -0.2) is 21.8 Å². The third kappa shape index (κ3) is 2.82. The molecule has 0 saturated carbocycles. The average molecular weight is 261 g/mol. The lowest BCUT2D eigenvalue weighted by Gasteiger charge is -2.06. The number of benzene rings is 1. The van der Waals surface area contributed by atoms with Gasteiger partial charge in [0.1, 0.15) is 0 Å². The summed E-state index contributed by atoms with van der Waals surface area (Å²) in [6, 6.07) is 8.92. The predicted octanol–water partition coefficient (Wildman–Crippen LogP) is 3.68. The van der Waals surface area contributed by atoms with Gasteiger partial charge in [-0.05, 0) is 30.2 Å². The molecule has 0 aliphatic rings. The maximum Gasteiger partial charge on any atom is 0.336 e. The first-order chi connectivity index (χ1) is 8.58. The van der Waals surface area contributed by atoms with Crippen LogP contribution in [0.25, 0.3) is 10.9 Å². The van der Waals surface area contributed by atoms with E-state index in [1.807, 2.05) is 18.2 Å². The molecule has 0 spiro atoms. The van der Waals surface area contributed by atoms with Crippen LogP contribution in [0.15, 0.2) is 35.4 Å². The third-order valence-electron chi connectivity index (χ3n) is 2.50. The standard InChI is InChI=1S/C14H15NO2S/c1-9(2)8-18-13-7-6-10-11(14(16)17)4-3-5-12(10)15-13/h3-7,9H,8H2,1-2H3,(H,16,17). The molecule has 1 aromatic heterocycles. The van der Waals surface area contributed by atoms with Crippen molar-refractivity contribution in [3.8, 4) is 0 Å². The fraction of sp³-hybridized carbons (Fsp3) is 0.286. The molecule has 0 fully saturated rings. The Morgan fingerprint density at radius 1 is 1.33 bits per heavy atom. The first kappa shape index (κ1) is 12.9. The molecule has 0 amide bonds. The molecule has 0 radical (unpaired) electrons. The van der Waals surface area contributed by atoms with Crippen LogP contribution in [0.4, 0.5) is 0 Å². The molecule has 0 bridgehead atoms. The topological polar surface area (TPSA) is 50.2 Å². The molecule has 1 heterocycles. The van der Waals surface area contributed by atoms with Crippen LogP contribution in [0, 0.1) is 5.92 Å². The molecule has 0 saturated heterocycles. The monoisotopic (exact) mass is 261 g/mol. The van der Waals surface area contributed by atoms with Crippen LogP contribution >= 0.6 is 11.8 Å². The smallest absolute Gasteiger partial charge is 0.336 e. The summed E-state index contributed by atoms with van der Waals surface area (Å²) in [6.45, 7) is 4.33. The van der Waals surface area contributed by atoms with Crippen molar-refractivity contribution in [1.82, 2.24) is 4.98 Å². The molecule has 18 heavy (non-hydrogen) atoms. The Balaban J connectivity index is 2.38. The van der Waals surface area contributed by atoms with E-state index >= 15 is 0 Å². The molecule has 0 unspecified atom stereocenters. The lowest BCUT2D eigenvalue weighted by molar-refractivity contribution is 0.0699. The summed E-state index contributed by atoms with van der Waals surface area (Å²) in [7, 11) is 0. The number of carboxylic acids is 1. The zero-order valence-corrected chi connectivity index (χ0v) is 11.2. The Kier molecular flexibility index (Phi) is 3.87. The second-order valence-corrected chi connectivity index (χ2v) is 5.57. The minimum atomic E-state index is -0.912. The molecule has 94 valence electrons. The fourth-order valence-electron chi connectivity index (χ4n) is 1.66. The highest BCUT2D eigenvalue weighted by molar-refractivity contribution is 7.99. The van der Waals surface area contributed by atoms with Gasteiger partial charge < -0.3 is 5.11 Å². The van der Waals surface area contributed by atoms with Gasteiger partial charge in [0.25, 0.3) is 0 Å². The fourth-order valence-corrected chi connectivity index (χ4v) is 2.49. The van der Waals surface area contributed by atoms with Crippen molar-refractivity contribution in [3.63, 3.8) is 0 Å². The van der Waals surface area contributed by atoms with Gasteiger partial charge in [0.05, 0.1) is 16.1 Å². The van der Waals surface area contributed by atoms with Crippen LogP contribution in [0.3, 0.4) is 0 Å². The summed E-state index contributed by atoms with van der Waals surface area (Å²) in [5, 5.41) is 10.7. The minimum absolute atomic E-state index is 0.306. The molecule has 0 aliphatic heterocycles. The van der Waals surface area contributed by atoms with Crippen LogP contribution in [0.5, 0.6) is 0 Å². The number of carboxylic acid groups (broad SMARTS) is 1. The van der Waals surface area contributed by atoms with Crippen molar-refractivity contribution < 1.29 is 9.90 Å². The lowest BCUT2D eigenvalue weighted by atomic mass is 10.1. The molecule has 3 nitrogen and oxygen atoms in total. The summed E-state index contributed by atoms with van der Waals surface area (Å²) < 4.78 is 0. The summed E-state index contributed by atoms with van der Waals surface area (Å²) in [4.78, 5) is 15.6. The Hall–Kier alpha value is -1.55. The van der Waals surface area contributed by atoms with E-state index in [1.165, 1.54) is 0 Å². The number of aromatic carboxylic acids is 1. The number of hydrogen-bond donors (Lipinski definition) is 1. The zero-order chi connectivity index (χ0) is 13.1. The van der Waals surface area contributed by atoms with E-state index in [-0.39, 0.29) is 0 Å². The first-order valence-corrected chi connectivity index (χ1v) is 6.82. The summed E-state index contributed by atoms with van der Waals surface area (Å²) in [6.07, 6.45) is 0. The zero-order valence-electron chi connectivity index (χ0n) is 10.4. The number of thioether (sulfide) groups is 1. The highest BCUT2D eigenvalue weighted by Gasteiger charge is 2.09. The van der Waals surface area contributed by atoms with Crippen molar-refractivity contribution in [2.45, 2.75) is 18.9 Å². The number of hydrogen-bond acceptors (Lipinski definition) is 3. The number of pyridine rings is 1. The number of aromatic nitrogens is 1. The van der Waals surface area contributed by atoms with Crippen LogP contribution in [-0.2, 0) is 0 Å². The van der Waals surface area contributed by atoms with Gasteiger partial charge in [0.15, 0.2) is 0 Å². The van der Waals surface area contributed by atoms with Gasteiger partial charge in [-0.15, -0.1) is 11.8 Å². The Labute approximate surface area is 110 Å². The van der Waals surface area contributed by atoms with Crippen molar-refractivity contribution in [2.24, 2.45) is 5.92 Å². The number of nitrogens with zero attached hydrogens (tertiary/aromatic N) is 1. The maximum atomic E-state index is 11.1. The Bertz CT molecular complexity index is 581. The number of carbonyl (C=O) groups is 1. The molecule has 0 aliphatic carbocycles. The molecule has 1 N–H and O–H groups in total. The largest absolute Gasteiger partial charge is 0.478 e. The van der Waals surface area contributed by atoms with Gasteiger partial charge in [-0.1, -0.05) is 19.9 Å². The molecule has 4 heteroatoms. The summed E-state index contributed by atoms with van der Waals surface area (Å²) >= 11 is 1.70. The van der Waals surface area contributed by atoms with Crippen molar-refractivity contribution in [1.29, 1.82) is 0 Å². The van der Waals surface area contributed by atoms with E-state index < -0.39 is 5.97 Å². The first-order valence-electron chi connectivity index (χ1n) is 5.84. The summed E-state index contributed by atoms with van der Waals surface area (Å²) in [5.41, 5.74) is 1.05. The van der Waals surface area contributed by atoms with Gasteiger partial charge >= 0.3 is 5.97 Å². The molecule has 0 atom stereocenters. The molecule has 2 rings (SSSR count). The van der Waals surface area contributed by atoms with E-state index in [1.54, 1.807) is 23.9 Å². The quantitative estimate of drug-likeness (QED) is 0.853. The molecule has 1 aromatic carbocycles. The number of rotatable bonds is 4. The van der Waals surface area contributed by atoms with Crippen molar-refractivity contribution in [3.05, 3.63) is 35.9 Å². The molecular weight excluding hydrogens is 246 g/mol. The molecule has 2 aromatic rings. The minimum Gasteiger partial charge on any atom is -0.478 e. The van der Waals surface area contributed by atoms with Gasteiger partial charge in [-0.2, -0.15) is 0 Å². The van der Waals surface area contributed by atoms with Gasteiger partial charge in [-0.25, -0.2) is 9.78 Å². The normalized spacial score (nSPS) is 11.1. The van der Waals surface area contributed by atoms with Crippen molar-refractivity contribution in [2.75, 3.05) is 5.75 Å². The lowest BCUT2D eigenvalue weighted by Crippen LogP contribution is -1.98. The van der Waals surface area contributed by atoms with Crippen molar-refractivity contribution >= 4 is 28.6 Å². The second-order valence-electron chi connectivity index (χ2n) is 4.53. The van der Waals surface area contributed by atoms with E-state index in [9.17, 15) is 4.79 Å². The van der Waals surface area contributed by atoms with Gasteiger partial charge in [0, 0.05) is 11.1 Å². The third-order valence-corrected chi connectivity index (χ3v) is 3.86. The Morgan fingerprint density at radius 2 is 2.11 bits per heavy atom. The van der Waals surface area contributed by atoms with E-state index in [4.69, 9.17) is 5.11 Å². The van der Waals surface area contributed by atoms with E-state index in [0.717, 1.165) is 16.3 Å². The second kappa shape index (κ2) is 5.40. The maximum absolute atomic E-state index is 11.1. The molecular formula is C14H15NO2S. The van der Waals surface area contributed by atoms with E-state index in [2.05, 4.69) is 18.8 Å². The van der Waals surface area contributed by atoms with Crippen LogP contribution in [0.2, 0.25) is 0 Å². The summed E-state index contributed by atoms with van der Waals surface area (Å²) in [5.74, 6) is 0.708. The van der Waals surface area contributed by atoms with Gasteiger partial charge in [-0.3, -0.25) is 0 Å². The average Bonchev–Trinajstić information content (AvgIpc) is 2.35. The Morgan fingerprint density at radius 3 is 2.78 bits per heavy atom. The van der Waals surface area contributed by atoms with Crippen LogP contribution in [0.1, 0.15) is 24.2 Å². The van der Waals surface area contributed by atoms with Gasteiger partial charge in [0.2, 0.25) is 0 Å².